The zero-order valence-electron chi connectivity index (χ0n) is 11.5. The summed E-state index contributed by atoms with van der Waals surface area (Å²) >= 11 is 0. The topological polar surface area (TPSA) is 0 Å². The Bertz CT molecular complexity index is 456. The first-order valence-corrected chi connectivity index (χ1v) is 6.80. The Hall–Kier alpha value is -1.56. The summed E-state index contributed by atoms with van der Waals surface area (Å²) in [6, 6.07) is 21.7. The second-order valence-electron chi connectivity index (χ2n) is 5.38. The molecule has 0 radical (unpaired) electrons. The number of hydrogen-bond acceptors (Lipinski definition) is 0. The van der Waals surface area contributed by atoms with Gasteiger partial charge in [0.2, 0.25) is 0 Å². The molecule has 0 aromatic heterocycles. The fourth-order valence-corrected chi connectivity index (χ4v) is 2.89. The highest BCUT2D eigenvalue weighted by atomic mass is 14.3. The molecule has 2 aromatic rings. The third-order valence-corrected chi connectivity index (χ3v) is 3.77. The van der Waals surface area contributed by atoms with E-state index in [0.717, 1.165) is 0 Å². The molecule has 0 saturated carbocycles. The molecular formula is C18H22. The smallest absolute Gasteiger partial charge is 0.00727 e. The monoisotopic (exact) mass is 238 g/mol. The first-order valence-electron chi connectivity index (χ1n) is 6.80. The van der Waals surface area contributed by atoms with Gasteiger partial charge >= 0.3 is 0 Å². The molecule has 2 atom stereocenters. The van der Waals surface area contributed by atoms with Gasteiger partial charge in [0, 0.05) is 0 Å². The van der Waals surface area contributed by atoms with Crippen LogP contribution < -0.4 is 0 Å². The minimum atomic E-state index is 0.550. The highest BCUT2D eigenvalue weighted by Crippen LogP contribution is 2.37. The molecule has 0 heterocycles. The molecule has 0 heteroatoms. The Morgan fingerprint density at radius 3 is 1.50 bits per heavy atom. The standard InChI is InChI=1S/C18H22/c1-14(2)18(17-12-8-5-9-13-17)15(3)16-10-6-4-7-11-16/h4-15,18H,1-3H3/t15?,18-/m0/s1. The van der Waals surface area contributed by atoms with E-state index in [-0.39, 0.29) is 0 Å². The van der Waals surface area contributed by atoms with Crippen LogP contribution in [-0.2, 0) is 0 Å². The average Bonchev–Trinajstić information content (AvgIpc) is 2.40. The summed E-state index contributed by atoms with van der Waals surface area (Å²) in [6.07, 6.45) is 0. The van der Waals surface area contributed by atoms with Gasteiger partial charge in [-0.25, -0.2) is 0 Å². The highest BCUT2D eigenvalue weighted by Gasteiger charge is 2.23. The fraction of sp³-hybridized carbons (Fsp3) is 0.333. The fourth-order valence-electron chi connectivity index (χ4n) is 2.89. The van der Waals surface area contributed by atoms with E-state index in [2.05, 4.69) is 81.4 Å². The van der Waals surface area contributed by atoms with Crippen LogP contribution in [0.4, 0.5) is 0 Å². The molecule has 2 rings (SSSR count). The van der Waals surface area contributed by atoms with Gasteiger partial charge in [-0.05, 0) is 28.9 Å². The third kappa shape index (κ3) is 2.81. The van der Waals surface area contributed by atoms with Gasteiger partial charge in [0.1, 0.15) is 0 Å². The predicted octanol–water partition coefficient (Wildman–Crippen LogP) is 5.23. The first kappa shape index (κ1) is 12.9. The van der Waals surface area contributed by atoms with Crippen molar-refractivity contribution in [2.75, 3.05) is 0 Å². The van der Waals surface area contributed by atoms with Crippen LogP contribution in [0.25, 0.3) is 0 Å². The van der Waals surface area contributed by atoms with Crippen molar-refractivity contribution in [2.24, 2.45) is 5.92 Å². The van der Waals surface area contributed by atoms with Gasteiger partial charge in [-0.3, -0.25) is 0 Å². The molecule has 1 unspecified atom stereocenters. The maximum Gasteiger partial charge on any atom is -0.00727 e. The van der Waals surface area contributed by atoms with Crippen molar-refractivity contribution >= 4 is 0 Å². The zero-order valence-corrected chi connectivity index (χ0v) is 11.5. The quantitative estimate of drug-likeness (QED) is 0.684. The van der Waals surface area contributed by atoms with Crippen molar-refractivity contribution in [1.82, 2.24) is 0 Å². The molecule has 0 amide bonds. The maximum atomic E-state index is 2.34. The minimum absolute atomic E-state index is 0.550. The molecule has 0 spiro atoms. The Morgan fingerprint density at radius 1 is 0.611 bits per heavy atom. The molecule has 0 aliphatic carbocycles. The number of hydrogen-bond donors (Lipinski definition) is 0. The highest BCUT2D eigenvalue weighted by molar-refractivity contribution is 5.28. The lowest BCUT2D eigenvalue weighted by atomic mass is 9.76. The Labute approximate surface area is 111 Å². The normalized spacial score (nSPS) is 14.4. The third-order valence-electron chi connectivity index (χ3n) is 3.77. The van der Waals surface area contributed by atoms with Gasteiger partial charge in [0.15, 0.2) is 0 Å². The SMILES string of the molecule is CC(C)[C@H](c1ccccc1)C(C)c1ccccc1. The number of benzene rings is 2. The molecule has 18 heavy (non-hydrogen) atoms. The minimum Gasteiger partial charge on any atom is -0.0622 e. The van der Waals surface area contributed by atoms with Crippen LogP contribution in [0.1, 0.15) is 43.7 Å². The summed E-state index contributed by atoms with van der Waals surface area (Å²) in [7, 11) is 0. The van der Waals surface area contributed by atoms with E-state index < -0.39 is 0 Å². The lowest BCUT2D eigenvalue weighted by Crippen LogP contribution is -2.14. The van der Waals surface area contributed by atoms with Gasteiger partial charge in [-0.15, -0.1) is 0 Å². The molecular weight excluding hydrogens is 216 g/mol. The average molecular weight is 238 g/mol. The van der Waals surface area contributed by atoms with E-state index in [0.29, 0.717) is 17.8 Å². The summed E-state index contributed by atoms with van der Waals surface area (Å²) in [4.78, 5) is 0. The van der Waals surface area contributed by atoms with E-state index in [4.69, 9.17) is 0 Å². The van der Waals surface area contributed by atoms with Crippen molar-refractivity contribution in [3.63, 3.8) is 0 Å². The van der Waals surface area contributed by atoms with Crippen molar-refractivity contribution in [3.8, 4) is 0 Å². The van der Waals surface area contributed by atoms with Crippen molar-refractivity contribution in [2.45, 2.75) is 32.6 Å². The van der Waals surface area contributed by atoms with Crippen LogP contribution in [0, 0.1) is 5.92 Å². The van der Waals surface area contributed by atoms with Crippen LogP contribution >= 0.6 is 0 Å². The van der Waals surface area contributed by atoms with Crippen LogP contribution in [0.5, 0.6) is 0 Å². The molecule has 94 valence electrons. The van der Waals surface area contributed by atoms with Crippen LogP contribution in [-0.4, -0.2) is 0 Å². The molecule has 0 saturated heterocycles. The lowest BCUT2D eigenvalue weighted by molar-refractivity contribution is 0.437. The Kier molecular flexibility index (Phi) is 4.19. The zero-order chi connectivity index (χ0) is 13.0. The Balaban J connectivity index is 2.32. The molecule has 2 aromatic carbocycles. The van der Waals surface area contributed by atoms with E-state index in [9.17, 15) is 0 Å². The maximum absolute atomic E-state index is 2.34. The second kappa shape index (κ2) is 5.86. The second-order valence-corrected chi connectivity index (χ2v) is 5.38. The van der Waals surface area contributed by atoms with E-state index in [1.807, 2.05) is 0 Å². The molecule has 0 aliphatic heterocycles. The number of rotatable bonds is 4. The summed E-state index contributed by atoms with van der Waals surface area (Å²) in [5, 5.41) is 0. The summed E-state index contributed by atoms with van der Waals surface area (Å²) in [5.74, 6) is 1.77. The molecule has 0 N–H and O–H groups in total. The lowest BCUT2D eigenvalue weighted by Gasteiger charge is -2.28. The predicted molar refractivity (Wildman–Crippen MR) is 78.9 cm³/mol. The van der Waals surface area contributed by atoms with Crippen molar-refractivity contribution < 1.29 is 0 Å². The summed E-state index contributed by atoms with van der Waals surface area (Å²) < 4.78 is 0. The van der Waals surface area contributed by atoms with Crippen LogP contribution in [0.3, 0.4) is 0 Å². The largest absolute Gasteiger partial charge is 0.0622 e. The van der Waals surface area contributed by atoms with Gasteiger partial charge in [-0.1, -0.05) is 81.4 Å². The molecule has 0 fully saturated rings. The van der Waals surface area contributed by atoms with Gasteiger partial charge in [0.05, 0.1) is 0 Å². The van der Waals surface area contributed by atoms with E-state index >= 15 is 0 Å². The summed E-state index contributed by atoms with van der Waals surface area (Å²) in [6.45, 7) is 6.97. The van der Waals surface area contributed by atoms with E-state index in [1.165, 1.54) is 11.1 Å². The van der Waals surface area contributed by atoms with Gasteiger partial charge in [0.25, 0.3) is 0 Å². The van der Waals surface area contributed by atoms with Crippen molar-refractivity contribution in [3.05, 3.63) is 71.8 Å². The van der Waals surface area contributed by atoms with E-state index in [1.54, 1.807) is 0 Å². The first-order chi connectivity index (χ1) is 8.70. The summed E-state index contributed by atoms with van der Waals surface area (Å²) in [5.41, 5.74) is 2.88. The van der Waals surface area contributed by atoms with Gasteiger partial charge in [-0.2, -0.15) is 0 Å². The Morgan fingerprint density at radius 2 is 1.06 bits per heavy atom. The van der Waals surface area contributed by atoms with Gasteiger partial charge < -0.3 is 0 Å². The van der Waals surface area contributed by atoms with Crippen LogP contribution in [0.15, 0.2) is 60.7 Å². The molecule has 0 aliphatic rings. The molecule has 0 nitrogen and oxygen atoms in total. The molecule has 0 bridgehead atoms. The van der Waals surface area contributed by atoms with Crippen molar-refractivity contribution in [1.29, 1.82) is 0 Å². The van der Waals surface area contributed by atoms with Crippen LogP contribution in [0.2, 0.25) is 0 Å².